The molecule has 0 saturated heterocycles. The summed E-state index contributed by atoms with van der Waals surface area (Å²) in [5, 5.41) is 7.17. The van der Waals surface area contributed by atoms with E-state index in [0.29, 0.717) is 6.67 Å². The van der Waals surface area contributed by atoms with Crippen LogP contribution in [0.25, 0.3) is 82.6 Å². The molecule has 0 unspecified atom stereocenters. The Balaban J connectivity index is 0.941. The Bertz CT molecular complexity index is 4190. The molecule has 8 heteroatoms. The summed E-state index contributed by atoms with van der Waals surface area (Å²) < 4.78 is 14.1. The van der Waals surface area contributed by atoms with Crippen LogP contribution in [0, 0.1) is 0 Å². The SMILES string of the molecule is CC(C)(C)c1ccnc(-n2c3ccccc3c3ccc(Oc4cccc(N5CN(c6c(-n7c8ccccc8c8ccccc87)cc(C(C)(C)C)cc6-n6c7ccccc7c7ccccc76)c6ncccc65)c4)cc32)c1. The van der Waals surface area contributed by atoms with Crippen molar-refractivity contribution in [2.75, 3.05) is 16.5 Å². The highest BCUT2D eigenvalue weighted by Gasteiger charge is 2.35. The number of rotatable bonds is 7. The molecule has 0 saturated carbocycles. The highest BCUT2D eigenvalue weighted by atomic mass is 16.5. The second-order valence-electron chi connectivity index (χ2n) is 22.0. The van der Waals surface area contributed by atoms with E-state index in [2.05, 4.69) is 253 Å². The normalized spacial score (nSPS) is 13.1. The molecule has 14 rings (SSSR count). The summed E-state index contributed by atoms with van der Waals surface area (Å²) in [5.41, 5.74) is 14.2. The van der Waals surface area contributed by atoms with Crippen LogP contribution in [0.15, 0.2) is 213 Å². The Morgan fingerprint density at radius 1 is 0.373 bits per heavy atom. The van der Waals surface area contributed by atoms with Crippen LogP contribution in [0.5, 0.6) is 11.5 Å². The van der Waals surface area contributed by atoms with Crippen LogP contribution in [-0.4, -0.2) is 30.3 Å². The van der Waals surface area contributed by atoms with E-state index in [9.17, 15) is 0 Å². The van der Waals surface area contributed by atoms with Gasteiger partial charge in [-0.15, -0.1) is 0 Å². The number of fused-ring (bicyclic) bond motifs is 10. The van der Waals surface area contributed by atoms with E-state index >= 15 is 0 Å². The van der Waals surface area contributed by atoms with Gasteiger partial charge in [-0.1, -0.05) is 139 Å². The number of benzene rings is 8. The molecule has 364 valence electrons. The molecule has 1 aliphatic heterocycles. The van der Waals surface area contributed by atoms with Gasteiger partial charge in [0.15, 0.2) is 5.82 Å². The minimum atomic E-state index is -0.192. The van der Waals surface area contributed by atoms with Crippen molar-refractivity contribution >= 4 is 88.3 Å². The maximum absolute atomic E-state index is 6.90. The zero-order chi connectivity index (χ0) is 50.7. The van der Waals surface area contributed by atoms with E-state index in [1.807, 2.05) is 24.5 Å². The Labute approximate surface area is 435 Å². The first kappa shape index (κ1) is 44.6. The summed E-state index contributed by atoms with van der Waals surface area (Å²) in [6.07, 6.45) is 3.84. The van der Waals surface area contributed by atoms with Gasteiger partial charge in [0, 0.05) is 62.5 Å². The molecule has 0 bridgehead atoms. The van der Waals surface area contributed by atoms with Gasteiger partial charge in [0.2, 0.25) is 0 Å². The topological polar surface area (TPSA) is 56.3 Å². The van der Waals surface area contributed by atoms with E-state index in [-0.39, 0.29) is 10.8 Å². The van der Waals surface area contributed by atoms with Gasteiger partial charge in [0.25, 0.3) is 0 Å². The quantitative estimate of drug-likeness (QED) is 0.159. The summed E-state index contributed by atoms with van der Waals surface area (Å²) in [5.74, 6) is 3.23. The number of pyridine rings is 2. The smallest absolute Gasteiger partial charge is 0.158 e. The molecular weight excluding hydrogens is 919 g/mol. The summed E-state index contributed by atoms with van der Waals surface area (Å²) in [7, 11) is 0. The van der Waals surface area contributed by atoms with Crippen molar-refractivity contribution in [2.45, 2.75) is 52.4 Å². The van der Waals surface area contributed by atoms with Crippen molar-refractivity contribution in [1.82, 2.24) is 23.7 Å². The number of aromatic nitrogens is 5. The summed E-state index contributed by atoms with van der Waals surface area (Å²) in [4.78, 5) is 15.0. The molecule has 0 amide bonds. The van der Waals surface area contributed by atoms with Crippen molar-refractivity contribution in [1.29, 1.82) is 0 Å². The fourth-order valence-corrected chi connectivity index (χ4v) is 11.6. The lowest BCUT2D eigenvalue weighted by atomic mass is 9.86. The van der Waals surface area contributed by atoms with Crippen LogP contribution in [0.3, 0.4) is 0 Å². The van der Waals surface area contributed by atoms with Crippen LogP contribution >= 0.6 is 0 Å². The number of para-hydroxylation sites is 5. The summed E-state index contributed by atoms with van der Waals surface area (Å²) in [6.45, 7) is 14.2. The molecule has 0 radical (unpaired) electrons. The lowest BCUT2D eigenvalue weighted by Crippen LogP contribution is -2.27. The number of nitrogens with zero attached hydrogens (tertiary/aromatic N) is 7. The Kier molecular flexibility index (Phi) is 9.92. The molecule has 8 aromatic carbocycles. The molecular formula is C67H55N7O. The third-order valence-corrected chi connectivity index (χ3v) is 15.3. The van der Waals surface area contributed by atoms with Crippen LogP contribution < -0.4 is 14.5 Å². The number of anilines is 4. The standard InChI is InChI=1S/C67H55N7O/c1-66(2,3)43-34-36-68-63(39-43)74-58-30-16-11-25-52(58)53-33-32-47(41-60(53)74)75-46-20-17-19-45(40-46)70-42-71(65-59(70)31-18-35-69-65)64-61(72-54-26-12-7-21-48(54)49-22-8-13-27-55(49)72)37-44(67(4,5)6)38-62(64)73-56-28-14-9-23-50(56)51-24-10-15-29-57(51)73/h7-41H,42H2,1-6H3. The third-order valence-electron chi connectivity index (χ3n) is 15.3. The van der Waals surface area contributed by atoms with Crippen molar-refractivity contribution in [3.8, 4) is 28.7 Å². The van der Waals surface area contributed by atoms with Gasteiger partial charge < -0.3 is 23.7 Å². The highest BCUT2D eigenvalue weighted by Crippen LogP contribution is 2.51. The van der Waals surface area contributed by atoms with Gasteiger partial charge in [-0.2, -0.15) is 0 Å². The van der Waals surface area contributed by atoms with Crippen LogP contribution in [-0.2, 0) is 10.8 Å². The van der Waals surface area contributed by atoms with Crippen LogP contribution in [0.4, 0.5) is 22.9 Å². The number of hydrogen-bond acceptors (Lipinski definition) is 5. The molecule has 0 atom stereocenters. The Morgan fingerprint density at radius 2 is 0.880 bits per heavy atom. The van der Waals surface area contributed by atoms with E-state index in [1.54, 1.807) is 0 Å². The van der Waals surface area contributed by atoms with Crippen molar-refractivity contribution in [3.63, 3.8) is 0 Å². The largest absolute Gasteiger partial charge is 0.457 e. The van der Waals surface area contributed by atoms with E-state index in [1.165, 1.54) is 38.1 Å². The summed E-state index contributed by atoms with van der Waals surface area (Å²) >= 11 is 0. The lowest BCUT2D eigenvalue weighted by Gasteiger charge is -2.30. The average molecular weight is 974 g/mol. The van der Waals surface area contributed by atoms with E-state index in [4.69, 9.17) is 14.7 Å². The molecule has 75 heavy (non-hydrogen) atoms. The van der Waals surface area contributed by atoms with Gasteiger partial charge >= 0.3 is 0 Å². The zero-order valence-electron chi connectivity index (χ0n) is 43.0. The molecule has 0 N–H and O–H groups in total. The van der Waals surface area contributed by atoms with Gasteiger partial charge in [0.05, 0.1) is 55.8 Å². The first-order valence-electron chi connectivity index (χ1n) is 25.9. The van der Waals surface area contributed by atoms with E-state index < -0.39 is 0 Å². The molecule has 6 heterocycles. The molecule has 0 spiro atoms. The predicted molar refractivity (Wildman–Crippen MR) is 311 cm³/mol. The third kappa shape index (κ3) is 7.11. The monoisotopic (exact) mass is 973 g/mol. The van der Waals surface area contributed by atoms with Crippen molar-refractivity contribution < 1.29 is 4.74 Å². The molecule has 0 fully saturated rings. The Morgan fingerprint density at radius 3 is 1.43 bits per heavy atom. The maximum Gasteiger partial charge on any atom is 0.158 e. The molecule has 1 aliphatic rings. The fraction of sp³-hybridized carbons (Fsp3) is 0.134. The minimum absolute atomic E-state index is 0.0289. The summed E-state index contributed by atoms with van der Waals surface area (Å²) in [6, 6.07) is 72.1. The second kappa shape index (κ2) is 16.7. The molecule has 0 aliphatic carbocycles. The molecule has 8 nitrogen and oxygen atoms in total. The molecule has 5 aromatic heterocycles. The Hall–Kier alpha value is -9.14. The average Bonchev–Trinajstić information content (AvgIpc) is 4.18. The van der Waals surface area contributed by atoms with Gasteiger partial charge in [-0.05, 0) is 113 Å². The zero-order valence-corrected chi connectivity index (χ0v) is 43.0. The first-order valence-corrected chi connectivity index (χ1v) is 25.9. The number of hydrogen-bond donors (Lipinski definition) is 0. The highest BCUT2D eigenvalue weighted by molar-refractivity contribution is 6.13. The lowest BCUT2D eigenvalue weighted by molar-refractivity contribution is 0.483. The van der Waals surface area contributed by atoms with Gasteiger partial charge in [-0.3, -0.25) is 4.57 Å². The van der Waals surface area contributed by atoms with Crippen molar-refractivity contribution in [2.24, 2.45) is 0 Å². The van der Waals surface area contributed by atoms with Crippen molar-refractivity contribution in [3.05, 3.63) is 224 Å². The predicted octanol–water partition coefficient (Wildman–Crippen LogP) is 17.4. The van der Waals surface area contributed by atoms with E-state index in [0.717, 1.165) is 90.1 Å². The fourth-order valence-electron chi connectivity index (χ4n) is 11.6. The number of ether oxygens (including phenoxy) is 1. The first-order chi connectivity index (χ1) is 36.5. The van der Waals surface area contributed by atoms with Crippen LogP contribution in [0.2, 0.25) is 0 Å². The minimum Gasteiger partial charge on any atom is -0.457 e. The van der Waals surface area contributed by atoms with Gasteiger partial charge in [0.1, 0.15) is 24.0 Å². The van der Waals surface area contributed by atoms with Gasteiger partial charge in [-0.25, -0.2) is 9.97 Å². The molecule has 13 aromatic rings. The maximum atomic E-state index is 6.90. The van der Waals surface area contributed by atoms with Crippen LogP contribution in [0.1, 0.15) is 52.7 Å². The second-order valence-corrected chi connectivity index (χ2v) is 22.0.